The molecule has 1 aromatic carbocycles. The van der Waals surface area contributed by atoms with Crippen molar-refractivity contribution in [2.45, 2.75) is 32.6 Å². The number of para-hydroxylation sites is 1. The maximum absolute atomic E-state index is 12.0. The van der Waals surface area contributed by atoms with Gasteiger partial charge in [-0.1, -0.05) is 32.9 Å². The Balaban J connectivity index is 2.56. The highest BCUT2D eigenvalue weighted by atomic mass is 35.5. The summed E-state index contributed by atoms with van der Waals surface area (Å²) in [6.07, 6.45) is 0.848. The summed E-state index contributed by atoms with van der Waals surface area (Å²) in [7, 11) is 1.55. The smallest absolute Gasteiger partial charge is 0.255 e. The number of carbonyl (C=O) groups is 1. The molecule has 0 aliphatic heterocycles. The second-order valence-corrected chi connectivity index (χ2v) is 6.39. The molecule has 0 saturated carbocycles. The number of methoxy groups -OCH3 is 1. The van der Waals surface area contributed by atoms with Crippen molar-refractivity contribution in [3.05, 3.63) is 29.8 Å². The molecule has 1 N–H and O–H groups in total. The average Bonchev–Trinajstić information content (AvgIpc) is 2.33. The summed E-state index contributed by atoms with van der Waals surface area (Å²) < 4.78 is 5.16. The van der Waals surface area contributed by atoms with Gasteiger partial charge in [0.05, 0.1) is 18.1 Å². The van der Waals surface area contributed by atoms with Gasteiger partial charge in [0.15, 0.2) is 0 Å². The SMILES string of the molecule is COc1ccccc1C(=O)NCC(Cl)CC(C)(C)C. The number of amides is 1. The molecular weight excluding hydrogens is 262 g/mol. The van der Waals surface area contributed by atoms with E-state index < -0.39 is 0 Å². The molecule has 106 valence electrons. The molecule has 1 unspecified atom stereocenters. The number of nitrogens with one attached hydrogen (secondary N) is 1. The predicted octanol–water partition coefficient (Wildman–Crippen LogP) is 3.47. The lowest BCUT2D eigenvalue weighted by Gasteiger charge is -2.22. The Labute approximate surface area is 120 Å². The molecule has 0 aliphatic carbocycles. The Bertz CT molecular complexity index is 426. The van der Waals surface area contributed by atoms with Crippen molar-refractivity contribution in [2.75, 3.05) is 13.7 Å². The number of ether oxygens (including phenoxy) is 1. The predicted molar refractivity (Wildman–Crippen MR) is 79.0 cm³/mol. The van der Waals surface area contributed by atoms with Crippen molar-refractivity contribution in [3.8, 4) is 5.75 Å². The number of carbonyl (C=O) groups excluding carboxylic acids is 1. The third-order valence-corrected chi connectivity index (χ3v) is 2.98. The molecule has 0 bridgehead atoms. The monoisotopic (exact) mass is 283 g/mol. The summed E-state index contributed by atoms with van der Waals surface area (Å²) in [5.41, 5.74) is 0.686. The molecule has 1 rings (SSSR count). The standard InChI is InChI=1S/C15H22ClNO2/c1-15(2,3)9-11(16)10-17-14(18)12-7-5-6-8-13(12)19-4/h5-8,11H,9-10H2,1-4H3,(H,17,18). The fourth-order valence-corrected chi connectivity index (χ4v) is 2.41. The second kappa shape index (κ2) is 6.80. The molecule has 0 fully saturated rings. The highest BCUT2D eigenvalue weighted by Gasteiger charge is 2.18. The van der Waals surface area contributed by atoms with Crippen LogP contribution < -0.4 is 10.1 Å². The van der Waals surface area contributed by atoms with Gasteiger partial charge in [-0.15, -0.1) is 11.6 Å². The van der Waals surface area contributed by atoms with Gasteiger partial charge in [0.25, 0.3) is 5.91 Å². The van der Waals surface area contributed by atoms with Crippen LogP contribution in [0.25, 0.3) is 0 Å². The third-order valence-electron chi connectivity index (χ3n) is 2.67. The van der Waals surface area contributed by atoms with E-state index in [0.29, 0.717) is 17.9 Å². The topological polar surface area (TPSA) is 38.3 Å². The maximum atomic E-state index is 12.0. The zero-order chi connectivity index (χ0) is 14.5. The minimum absolute atomic E-state index is 0.0707. The van der Waals surface area contributed by atoms with Crippen LogP contribution in [0.15, 0.2) is 24.3 Å². The molecule has 1 amide bonds. The van der Waals surface area contributed by atoms with E-state index in [1.165, 1.54) is 0 Å². The van der Waals surface area contributed by atoms with E-state index in [1.54, 1.807) is 19.2 Å². The van der Waals surface area contributed by atoms with E-state index in [0.717, 1.165) is 6.42 Å². The summed E-state index contributed by atoms with van der Waals surface area (Å²) in [6, 6.07) is 7.15. The summed E-state index contributed by atoms with van der Waals surface area (Å²) in [4.78, 5) is 12.0. The molecule has 0 saturated heterocycles. The summed E-state index contributed by atoms with van der Waals surface area (Å²) in [5, 5.41) is 2.77. The van der Waals surface area contributed by atoms with Crippen LogP contribution in [0.3, 0.4) is 0 Å². The van der Waals surface area contributed by atoms with Crippen LogP contribution in [0.5, 0.6) is 5.75 Å². The zero-order valence-electron chi connectivity index (χ0n) is 12.0. The van der Waals surface area contributed by atoms with Gasteiger partial charge in [-0.2, -0.15) is 0 Å². The Hall–Kier alpha value is -1.22. The van der Waals surface area contributed by atoms with Crippen LogP contribution in [-0.2, 0) is 0 Å². The van der Waals surface area contributed by atoms with Crippen molar-refractivity contribution >= 4 is 17.5 Å². The van der Waals surface area contributed by atoms with E-state index in [-0.39, 0.29) is 16.7 Å². The normalized spacial score (nSPS) is 12.9. The number of alkyl halides is 1. The number of hydrogen-bond donors (Lipinski definition) is 1. The Morgan fingerprint density at radius 3 is 2.58 bits per heavy atom. The lowest BCUT2D eigenvalue weighted by molar-refractivity contribution is 0.0949. The number of benzene rings is 1. The van der Waals surface area contributed by atoms with Gasteiger partial charge in [-0.25, -0.2) is 0 Å². The Kier molecular flexibility index (Phi) is 5.67. The van der Waals surface area contributed by atoms with Crippen molar-refractivity contribution in [3.63, 3.8) is 0 Å². The van der Waals surface area contributed by atoms with Crippen LogP contribution in [0.1, 0.15) is 37.6 Å². The van der Waals surface area contributed by atoms with Crippen molar-refractivity contribution in [2.24, 2.45) is 5.41 Å². The van der Waals surface area contributed by atoms with Gasteiger partial charge < -0.3 is 10.1 Å². The van der Waals surface area contributed by atoms with Crippen LogP contribution in [0.2, 0.25) is 0 Å². The first-order valence-corrected chi connectivity index (χ1v) is 6.82. The first kappa shape index (κ1) is 15.8. The molecule has 0 aromatic heterocycles. The Morgan fingerprint density at radius 2 is 2.00 bits per heavy atom. The summed E-state index contributed by atoms with van der Waals surface area (Å²) in [5.74, 6) is 0.416. The molecule has 1 aromatic rings. The van der Waals surface area contributed by atoms with E-state index >= 15 is 0 Å². The molecule has 0 aliphatic rings. The highest BCUT2D eigenvalue weighted by Crippen LogP contribution is 2.23. The van der Waals surface area contributed by atoms with Gasteiger partial charge >= 0.3 is 0 Å². The fourth-order valence-electron chi connectivity index (χ4n) is 1.87. The van der Waals surface area contributed by atoms with Crippen molar-refractivity contribution < 1.29 is 9.53 Å². The molecule has 4 heteroatoms. The second-order valence-electron chi connectivity index (χ2n) is 5.77. The maximum Gasteiger partial charge on any atom is 0.255 e. The van der Waals surface area contributed by atoms with Crippen molar-refractivity contribution in [1.29, 1.82) is 0 Å². The van der Waals surface area contributed by atoms with Gasteiger partial charge in [0, 0.05) is 6.54 Å². The molecular formula is C15H22ClNO2. The average molecular weight is 284 g/mol. The van der Waals surface area contributed by atoms with Crippen LogP contribution in [0.4, 0.5) is 0 Å². The number of rotatable bonds is 5. The highest BCUT2D eigenvalue weighted by molar-refractivity contribution is 6.21. The van der Waals surface area contributed by atoms with Crippen LogP contribution in [0, 0.1) is 5.41 Å². The lowest BCUT2D eigenvalue weighted by Crippen LogP contribution is -2.31. The molecule has 19 heavy (non-hydrogen) atoms. The number of hydrogen-bond acceptors (Lipinski definition) is 2. The molecule has 1 atom stereocenters. The third kappa shape index (κ3) is 5.52. The molecule has 0 heterocycles. The van der Waals surface area contributed by atoms with Gasteiger partial charge in [-0.3, -0.25) is 4.79 Å². The van der Waals surface area contributed by atoms with Gasteiger partial charge in [0.2, 0.25) is 0 Å². The number of halogens is 1. The first-order valence-electron chi connectivity index (χ1n) is 6.39. The fraction of sp³-hybridized carbons (Fsp3) is 0.533. The largest absolute Gasteiger partial charge is 0.496 e. The van der Waals surface area contributed by atoms with Crippen molar-refractivity contribution in [1.82, 2.24) is 5.32 Å². The van der Waals surface area contributed by atoms with Gasteiger partial charge in [0.1, 0.15) is 5.75 Å². The van der Waals surface area contributed by atoms with Gasteiger partial charge in [-0.05, 0) is 24.0 Å². The van der Waals surface area contributed by atoms with E-state index in [1.807, 2.05) is 12.1 Å². The quantitative estimate of drug-likeness (QED) is 0.841. The summed E-state index contributed by atoms with van der Waals surface area (Å²) in [6.45, 7) is 6.84. The zero-order valence-corrected chi connectivity index (χ0v) is 12.8. The Morgan fingerprint density at radius 1 is 1.37 bits per heavy atom. The van der Waals surface area contributed by atoms with E-state index in [2.05, 4.69) is 26.1 Å². The molecule has 0 radical (unpaired) electrons. The lowest BCUT2D eigenvalue weighted by atomic mass is 9.90. The molecule has 3 nitrogen and oxygen atoms in total. The van der Waals surface area contributed by atoms with Crippen LogP contribution >= 0.6 is 11.6 Å². The van der Waals surface area contributed by atoms with E-state index in [4.69, 9.17) is 16.3 Å². The summed E-state index contributed by atoms with van der Waals surface area (Å²) >= 11 is 6.22. The first-order chi connectivity index (χ1) is 8.83. The van der Waals surface area contributed by atoms with Crippen LogP contribution in [-0.4, -0.2) is 24.9 Å². The minimum atomic E-state index is -0.156. The van der Waals surface area contributed by atoms with E-state index in [9.17, 15) is 4.79 Å². The minimum Gasteiger partial charge on any atom is -0.496 e. The molecule has 0 spiro atoms.